The summed E-state index contributed by atoms with van der Waals surface area (Å²) in [4.78, 5) is 21.3. The van der Waals surface area contributed by atoms with Crippen molar-refractivity contribution in [2.24, 2.45) is 5.73 Å². The van der Waals surface area contributed by atoms with Crippen LogP contribution in [0.25, 0.3) is 0 Å². The summed E-state index contributed by atoms with van der Waals surface area (Å²) in [5.41, 5.74) is 5.28. The van der Waals surface area contributed by atoms with Crippen LogP contribution in [0.15, 0.2) is 0 Å². The Bertz CT molecular complexity index is 220. The van der Waals surface area contributed by atoms with Gasteiger partial charge in [0.15, 0.2) is 0 Å². The Hall–Kier alpha value is -1.14. The molecule has 0 saturated heterocycles. The van der Waals surface area contributed by atoms with E-state index in [1.54, 1.807) is 0 Å². The lowest BCUT2D eigenvalue weighted by molar-refractivity contribution is -0.142. The van der Waals surface area contributed by atoms with E-state index in [0.717, 1.165) is 6.42 Å². The minimum atomic E-state index is -1.06. The number of aliphatic carboxylic acids is 2. The van der Waals surface area contributed by atoms with Crippen molar-refractivity contribution in [3.63, 3.8) is 0 Å². The fourth-order valence-corrected chi connectivity index (χ4v) is 1.14. The van der Waals surface area contributed by atoms with E-state index in [4.69, 9.17) is 15.9 Å². The first-order valence-corrected chi connectivity index (χ1v) is 4.90. The summed E-state index contributed by atoms with van der Waals surface area (Å²) in [6.45, 7) is 1.93. The Labute approximate surface area is 88.5 Å². The normalized spacial score (nSPS) is 14.5. The van der Waals surface area contributed by atoms with Crippen LogP contribution in [-0.4, -0.2) is 40.8 Å². The molecule has 0 heterocycles. The molecule has 0 fully saturated rings. The Morgan fingerprint density at radius 2 is 1.87 bits per heavy atom. The molecule has 0 aliphatic carbocycles. The molecule has 0 aliphatic rings. The van der Waals surface area contributed by atoms with Gasteiger partial charge in [-0.3, -0.25) is 14.9 Å². The number of hydrogen-bond donors (Lipinski definition) is 4. The van der Waals surface area contributed by atoms with E-state index in [1.807, 2.05) is 0 Å². The van der Waals surface area contributed by atoms with Crippen LogP contribution in [0, 0.1) is 0 Å². The second-order valence-electron chi connectivity index (χ2n) is 3.40. The highest BCUT2D eigenvalue weighted by Crippen LogP contribution is 2.02. The number of nitrogens with two attached hydrogens (primary N) is 1. The number of carbonyl (C=O) groups is 2. The molecule has 0 spiro atoms. The quantitative estimate of drug-likeness (QED) is 0.413. The van der Waals surface area contributed by atoms with Crippen LogP contribution in [0.5, 0.6) is 0 Å². The van der Waals surface area contributed by atoms with Crippen LogP contribution < -0.4 is 11.1 Å². The smallest absolute Gasteiger partial charge is 0.320 e. The molecule has 0 amide bonds. The Kier molecular flexibility index (Phi) is 6.64. The van der Waals surface area contributed by atoms with Gasteiger partial charge in [0.05, 0.1) is 0 Å². The number of rotatable bonds is 8. The van der Waals surface area contributed by atoms with Crippen molar-refractivity contribution in [3.05, 3.63) is 0 Å². The van der Waals surface area contributed by atoms with E-state index in [9.17, 15) is 9.59 Å². The van der Waals surface area contributed by atoms with Crippen molar-refractivity contribution in [2.75, 3.05) is 6.54 Å². The summed E-state index contributed by atoms with van der Waals surface area (Å²) in [6.07, 6.45) is 1.81. The molecule has 88 valence electrons. The first kappa shape index (κ1) is 13.9. The lowest BCUT2D eigenvalue weighted by Crippen LogP contribution is -2.45. The number of nitrogens with one attached hydrogen (secondary N) is 1. The van der Waals surface area contributed by atoms with Crippen LogP contribution >= 0.6 is 0 Å². The van der Waals surface area contributed by atoms with Gasteiger partial charge in [-0.2, -0.15) is 0 Å². The molecule has 0 radical (unpaired) electrons. The third kappa shape index (κ3) is 6.03. The first-order valence-electron chi connectivity index (χ1n) is 4.90. The van der Waals surface area contributed by atoms with Gasteiger partial charge in [0.2, 0.25) is 0 Å². The molecule has 0 saturated carbocycles. The summed E-state index contributed by atoms with van der Waals surface area (Å²) in [6, 6.07) is -1.67. The third-order valence-corrected chi connectivity index (χ3v) is 2.07. The predicted molar refractivity (Wildman–Crippen MR) is 54.6 cm³/mol. The van der Waals surface area contributed by atoms with Gasteiger partial charge >= 0.3 is 11.9 Å². The summed E-state index contributed by atoms with van der Waals surface area (Å²) < 4.78 is 0. The summed E-state index contributed by atoms with van der Waals surface area (Å²) >= 11 is 0. The average Bonchev–Trinajstić information content (AvgIpc) is 2.15. The highest BCUT2D eigenvalue weighted by atomic mass is 16.4. The molecular weight excluding hydrogens is 200 g/mol. The molecule has 0 bridgehead atoms. The fourth-order valence-electron chi connectivity index (χ4n) is 1.14. The molecule has 0 aromatic carbocycles. The first-order chi connectivity index (χ1) is 6.99. The van der Waals surface area contributed by atoms with E-state index in [0.29, 0.717) is 19.4 Å². The zero-order valence-corrected chi connectivity index (χ0v) is 8.77. The number of hydrogen-bond acceptors (Lipinski definition) is 4. The van der Waals surface area contributed by atoms with Gasteiger partial charge in [-0.1, -0.05) is 6.42 Å². The summed E-state index contributed by atoms with van der Waals surface area (Å²) in [5, 5.41) is 20.0. The number of carboxylic acids is 2. The minimum Gasteiger partial charge on any atom is -0.480 e. The van der Waals surface area contributed by atoms with Crippen LogP contribution in [0.2, 0.25) is 0 Å². The molecular formula is C9H18N2O4. The van der Waals surface area contributed by atoms with Gasteiger partial charge in [-0.15, -0.1) is 0 Å². The third-order valence-electron chi connectivity index (χ3n) is 2.07. The van der Waals surface area contributed by atoms with E-state index in [1.165, 1.54) is 6.92 Å². The van der Waals surface area contributed by atoms with Gasteiger partial charge in [0.25, 0.3) is 0 Å². The Balaban J connectivity index is 4.04. The molecule has 0 aliphatic heterocycles. The second kappa shape index (κ2) is 7.19. The van der Waals surface area contributed by atoms with Gasteiger partial charge < -0.3 is 15.9 Å². The zero-order chi connectivity index (χ0) is 11.8. The fraction of sp³-hybridized carbons (Fsp3) is 0.778. The molecule has 15 heavy (non-hydrogen) atoms. The maximum atomic E-state index is 10.8. The van der Waals surface area contributed by atoms with Gasteiger partial charge in [0.1, 0.15) is 12.1 Å². The van der Waals surface area contributed by atoms with Crippen molar-refractivity contribution >= 4 is 11.9 Å². The Morgan fingerprint density at radius 3 is 2.27 bits per heavy atom. The van der Waals surface area contributed by atoms with Crippen molar-refractivity contribution < 1.29 is 19.8 Å². The molecule has 0 rings (SSSR count). The molecule has 0 aromatic heterocycles. The largest absolute Gasteiger partial charge is 0.480 e. The monoisotopic (exact) mass is 218 g/mol. The molecule has 1 unspecified atom stereocenters. The minimum absolute atomic E-state index is 0.393. The lowest BCUT2D eigenvalue weighted by atomic mass is 10.1. The number of unbranched alkanes of at least 4 members (excludes halogenated alkanes) is 1. The second-order valence-corrected chi connectivity index (χ2v) is 3.40. The molecule has 0 aromatic rings. The van der Waals surface area contributed by atoms with Gasteiger partial charge in [0, 0.05) is 0 Å². The topological polar surface area (TPSA) is 113 Å². The van der Waals surface area contributed by atoms with Crippen LogP contribution in [0.3, 0.4) is 0 Å². The summed E-state index contributed by atoms with van der Waals surface area (Å²) in [5.74, 6) is -2.08. The van der Waals surface area contributed by atoms with Crippen molar-refractivity contribution in [3.8, 4) is 0 Å². The van der Waals surface area contributed by atoms with Crippen molar-refractivity contribution in [2.45, 2.75) is 38.3 Å². The van der Waals surface area contributed by atoms with Gasteiger partial charge in [-0.25, -0.2) is 0 Å². The van der Waals surface area contributed by atoms with Crippen molar-refractivity contribution in [1.82, 2.24) is 5.32 Å². The van der Waals surface area contributed by atoms with Crippen LogP contribution in [-0.2, 0) is 9.59 Å². The van der Waals surface area contributed by atoms with Crippen LogP contribution in [0.1, 0.15) is 26.2 Å². The maximum absolute atomic E-state index is 10.8. The lowest BCUT2D eigenvalue weighted by Gasteiger charge is -2.16. The molecule has 6 nitrogen and oxygen atoms in total. The summed E-state index contributed by atoms with van der Waals surface area (Å²) in [7, 11) is 0. The maximum Gasteiger partial charge on any atom is 0.320 e. The molecule has 5 N–H and O–H groups in total. The number of carboxylic acid groups (broad SMARTS) is 2. The zero-order valence-electron chi connectivity index (χ0n) is 8.77. The predicted octanol–water partition coefficient (Wildman–Crippen LogP) is -0.369. The highest BCUT2D eigenvalue weighted by molar-refractivity contribution is 5.77. The molecule has 2 atom stereocenters. The standard InChI is InChI=1S/C9H18N2O4/c1-6(8(12)13)11-7(9(14)15)4-2-3-5-10/h6-7,11H,2-5,10H2,1H3,(H,12,13)(H,14,15)/t6?,7-/m0/s1. The van der Waals surface area contributed by atoms with Gasteiger partial charge in [-0.05, 0) is 26.3 Å². The average molecular weight is 218 g/mol. The van der Waals surface area contributed by atoms with E-state index < -0.39 is 24.0 Å². The molecule has 6 heteroatoms. The van der Waals surface area contributed by atoms with Crippen LogP contribution in [0.4, 0.5) is 0 Å². The Morgan fingerprint density at radius 1 is 1.27 bits per heavy atom. The SMILES string of the molecule is CC(N[C@@H](CCCCN)C(=O)O)C(=O)O. The van der Waals surface area contributed by atoms with E-state index in [2.05, 4.69) is 5.32 Å². The van der Waals surface area contributed by atoms with E-state index >= 15 is 0 Å². The van der Waals surface area contributed by atoms with Crippen molar-refractivity contribution in [1.29, 1.82) is 0 Å². The van der Waals surface area contributed by atoms with E-state index in [-0.39, 0.29) is 0 Å². The highest BCUT2D eigenvalue weighted by Gasteiger charge is 2.21.